The monoisotopic (exact) mass is 487 g/mol. The van der Waals surface area contributed by atoms with Crippen LogP contribution in [0.15, 0.2) is 47.6 Å². The van der Waals surface area contributed by atoms with Crippen LogP contribution in [0.1, 0.15) is 11.1 Å². The van der Waals surface area contributed by atoms with Gasteiger partial charge in [0.05, 0.1) is 0 Å². The smallest absolute Gasteiger partial charge is 0.190 e. The van der Waals surface area contributed by atoms with Crippen LogP contribution in [0, 0.1) is 0 Å². The topological polar surface area (TPSA) is 52.6 Å². The molecule has 1 aromatic carbocycles. The number of halogens is 2. The molecule has 0 bridgehead atoms. The van der Waals surface area contributed by atoms with Gasteiger partial charge in [-0.05, 0) is 42.2 Å². The average molecular weight is 488 g/mol. The van der Waals surface area contributed by atoms with Gasteiger partial charge in [-0.2, -0.15) is 0 Å². The summed E-state index contributed by atoms with van der Waals surface area (Å²) in [4.78, 5) is 10.4. The third kappa shape index (κ3) is 7.78. The van der Waals surface area contributed by atoms with Crippen LogP contribution in [0.2, 0.25) is 5.15 Å². The first-order valence-electron chi connectivity index (χ1n) is 8.39. The maximum Gasteiger partial charge on any atom is 0.190 e. The second-order valence-corrected chi connectivity index (χ2v) is 6.36. The zero-order valence-electron chi connectivity index (χ0n) is 15.5. The molecule has 0 radical (unpaired) electrons. The van der Waals surface area contributed by atoms with Crippen molar-refractivity contribution in [3.63, 3.8) is 0 Å². The molecule has 0 aliphatic rings. The molecule has 0 amide bonds. The van der Waals surface area contributed by atoms with Crippen LogP contribution >= 0.6 is 35.6 Å². The highest BCUT2D eigenvalue weighted by Crippen LogP contribution is 2.12. The number of aliphatic imine (C=N–C) groups is 1. The van der Waals surface area contributed by atoms with E-state index < -0.39 is 0 Å². The van der Waals surface area contributed by atoms with E-state index in [-0.39, 0.29) is 24.0 Å². The molecule has 5 nitrogen and oxygen atoms in total. The van der Waals surface area contributed by atoms with Crippen LogP contribution in [-0.4, -0.2) is 45.2 Å². The summed E-state index contributed by atoms with van der Waals surface area (Å²) >= 11 is 5.79. The standard InChI is InChI=1S/C19H26ClN5.HI/c1-21-19(23-13-11-16-6-9-18(20)24-14-16)22-12-10-15-4-7-17(8-5-15)25(2)3;/h4-9,14H,10-13H2,1-3H3,(H2,21,22,23);1H. The van der Waals surface area contributed by atoms with Gasteiger partial charge in [0.2, 0.25) is 0 Å². The molecule has 0 unspecified atom stereocenters. The lowest BCUT2D eigenvalue weighted by Gasteiger charge is -2.14. The Labute approximate surface area is 178 Å². The summed E-state index contributed by atoms with van der Waals surface area (Å²) in [6.45, 7) is 1.63. The number of nitrogens with zero attached hydrogens (tertiary/aromatic N) is 3. The SMILES string of the molecule is CN=C(NCCc1ccc(N(C)C)cc1)NCCc1ccc(Cl)nc1.I. The van der Waals surface area contributed by atoms with Crippen LogP contribution in [0.25, 0.3) is 0 Å². The van der Waals surface area contributed by atoms with E-state index in [1.54, 1.807) is 13.2 Å². The largest absolute Gasteiger partial charge is 0.378 e. The van der Waals surface area contributed by atoms with E-state index in [4.69, 9.17) is 11.6 Å². The zero-order valence-corrected chi connectivity index (χ0v) is 18.6. The lowest BCUT2D eigenvalue weighted by atomic mass is 10.1. The number of pyridine rings is 1. The van der Waals surface area contributed by atoms with Crippen molar-refractivity contribution in [1.82, 2.24) is 15.6 Å². The highest BCUT2D eigenvalue weighted by molar-refractivity contribution is 14.0. The first-order valence-corrected chi connectivity index (χ1v) is 8.77. The molecule has 2 rings (SSSR count). The van der Waals surface area contributed by atoms with Crippen LogP contribution in [-0.2, 0) is 12.8 Å². The van der Waals surface area contributed by atoms with Crippen molar-refractivity contribution >= 4 is 47.2 Å². The Kier molecular flexibility index (Phi) is 10.3. The van der Waals surface area contributed by atoms with Gasteiger partial charge in [-0.3, -0.25) is 4.99 Å². The van der Waals surface area contributed by atoms with Crippen molar-refractivity contribution in [2.45, 2.75) is 12.8 Å². The maximum atomic E-state index is 5.79. The number of aromatic nitrogens is 1. The van der Waals surface area contributed by atoms with Crippen LogP contribution < -0.4 is 15.5 Å². The molecular weight excluding hydrogens is 461 g/mol. The lowest BCUT2D eigenvalue weighted by molar-refractivity contribution is 0.783. The summed E-state index contributed by atoms with van der Waals surface area (Å²) in [6, 6.07) is 12.4. The van der Waals surface area contributed by atoms with Gasteiger partial charge in [-0.15, -0.1) is 24.0 Å². The molecule has 0 saturated carbocycles. The fourth-order valence-electron chi connectivity index (χ4n) is 2.39. The molecule has 142 valence electrons. The lowest BCUT2D eigenvalue weighted by Crippen LogP contribution is -2.39. The van der Waals surface area contributed by atoms with Crippen molar-refractivity contribution in [3.8, 4) is 0 Å². The van der Waals surface area contributed by atoms with E-state index in [9.17, 15) is 0 Å². The Hall–Kier alpha value is -1.54. The Morgan fingerprint density at radius 3 is 2.08 bits per heavy atom. The van der Waals surface area contributed by atoms with Gasteiger partial charge in [0.15, 0.2) is 5.96 Å². The van der Waals surface area contributed by atoms with Crippen molar-refractivity contribution in [1.29, 1.82) is 0 Å². The quantitative estimate of drug-likeness (QED) is 0.272. The van der Waals surface area contributed by atoms with E-state index in [1.807, 2.05) is 26.2 Å². The van der Waals surface area contributed by atoms with E-state index in [0.29, 0.717) is 5.15 Å². The van der Waals surface area contributed by atoms with E-state index in [1.165, 1.54) is 11.3 Å². The van der Waals surface area contributed by atoms with E-state index in [2.05, 4.69) is 49.8 Å². The fourth-order valence-corrected chi connectivity index (χ4v) is 2.50. The average Bonchev–Trinajstić information content (AvgIpc) is 2.62. The third-order valence-corrected chi connectivity index (χ3v) is 4.10. The predicted molar refractivity (Wildman–Crippen MR) is 122 cm³/mol. The number of anilines is 1. The zero-order chi connectivity index (χ0) is 18.1. The molecule has 2 N–H and O–H groups in total. The third-order valence-electron chi connectivity index (χ3n) is 3.88. The molecule has 26 heavy (non-hydrogen) atoms. The Morgan fingerprint density at radius 2 is 1.58 bits per heavy atom. The summed E-state index contributed by atoms with van der Waals surface area (Å²) in [5, 5.41) is 7.18. The molecule has 0 saturated heterocycles. The number of benzene rings is 1. The molecule has 1 aromatic heterocycles. The number of nitrogens with one attached hydrogen (secondary N) is 2. The van der Waals surface area contributed by atoms with Gasteiger partial charge >= 0.3 is 0 Å². The maximum absolute atomic E-state index is 5.79. The molecule has 2 aromatic rings. The number of rotatable bonds is 7. The van der Waals surface area contributed by atoms with Gasteiger partial charge in [-0.25, -0.2) is 4.98 Å². The normalized spacial score (nSPS) is 10.8. The fraction of sp³-hybridized carbons (Fsp3) is 0.368. The minimum absolute atomic E-state index is 0. The molecule has 0 atom stereocenters. The van der Waals surface area contributed by atoms with Gasteiger partial charge in [-0.1, -0.05) is 29.8 Å². The van der Waals surface area contributed by atoms with Crippen molar-refractivity contribution in [2.75, 3.05) is 39.1 Å². The molecule has 0 aliphatic heterocycles. The van der Waals surface area contributed by atoms with Crippen LogP contribution in [0.5, 0.6) is 0 Å². The van der Waals surface area contributed by atoms with Gasteiger partial charge in [0.25, 0.3) is 0 Å². The highest BCUT2D eigenvalue weighted by Gasteiger charge is 2.00. The number of guanidine groups is 1. The Balaban J connectivity index is 0.00000338. The number of hydrogen-bond acceptors (Lipinski definition) is 3. The van der Waals surface area contributed by atoms with E-state index >= 15 is 0 Å². The second-order valence-electron chi connectivity index (χ2n) is 5.98. The summed E-state index contributed by atoms with van der Waals surface area (Å²) in [7, 11) is 5.88. The van der Waals surface area contributed by atoms with Crippen molar-refractivity contribution in [2.24, 2.45) is 4.99 Å². The molecule has 0 spiro atoms. The Bertz CT molecular complexity index is 671. The molecule has 0 aliphatic carbocycles. The summed E-state index contributed by atoms with van der Waals surface area (Å²) < 4.78 is 0. The Morgan fingerprint density at radius 1 is 1.00 bits per heavy atom. The highest BCUT2D eigenvalue weighted by atomic mass is 127. The molecule has 1 heterocycles. The van der Waals surface area contributed by atoms with Gasteiger partial charge in [0.1, 0.15) is 5.15 Å². The molecule has 0 fully saturated rings. The molecular formula is C19H27ClIN5. The first kappa shape index (κ1) is 22.5. The summed E-state index contributed by atoms with van der Waals surface area (Å²) in [5.41, 5.74) is 3.67. The van der Waals surface area contributed by atoms with E-state index in [0.717, 1.165) is 37.5 Å². The summed E-state index contributed by atoms with van der Waals surface area (Å²) in [5.74, 6) is 0.812. The second kappa shape index (κ2) is 12.0. The minimum Gasteiger partial charge on any atom is -0.378 e. The van der Waals surface area contributed by atoms with Crippen LogP contribution in [0.4, 0.5) is 5.69 Å². The van der Waals surface area contributed by atoms with Crippen molar-refractivity contribution < 1.29 is 0 Å². The molecule has 7 heteroatoms. The van der Waals surface area contributed by atoms with Crippen LogP contribution in [0.3, 0.4) is 0 Å². The first-order chi connectivity index (χ1) is 12.1. The number of hydrogen-bond donors (Lipinski definition) is 2. The van der Waals surface area contributed by atoms with Gasteiger partial charge in [0, 0.05) is 46.1 Å². The van der Waals surface area contributed by atoms with Crippen molar-refractivity contribution in [3.05, 3.63) is 58.9 Å². The van der Waals surface area contributed by atoms with Gasteiger partial charge < -0.3 is 15.5 Å². The summed E-state index contributed by atoms with van der Waals surface area (Å²) in [6.07, 6.45) is 3.63. The minimum atomic E-state index is 0. The predicted octanol–water partition coefficient (Wildman–Crippen LogP) is 3.37.